The molecule has 1 aromatic carbocycles. The van der Waals surface area contributed by atoms with Gasteiger partial charge in [0.2, 0.25) is 11.8 Å². The smallest absolute Gasteiger partial charge is 0.225 e. The number of carbonyl (C=O) groups is 2. The van der Waals surface area contributed by atoms with Gasteiger partial charge in [-0.1, -0.05) is 27.7 Å². The van der Waals surface area contributed by atoms with E-state index < -0.39 is 0 Å². The number of nitrogens with one attached hydrogen (secondary N) is 1. The van der Waals surface area contributed by atoms with Gasteiger partial charge in [-0.2, -0.15) is 0 Å². The molecule has 0 unspecified atom stereocenters. The lowest BCUT2D eigenvalue weighted by atomic mass is 10.1. The van der Waals surface area contributed by atoms with Crippen LogP contribution in [0.3, 0.4) is 0 Å². The summed E-state index contributed by atoms with van der Waals surface area (Å²) in [7, 11) is 3.97. The number of anilines is 2. The van der Waals surface area contributed by atoms with Crippen molar-refractivity contribution in [2.45, 2.75) is 47.1 Å². The second-order valence-corrected chi connectivity index (χ2v) is 6.55. The van der Waals surface area contributed by atoms with E-state index in [0.717, 1.165) is 29.9 Å². The Morgan fingerprint density at radius 1 is 1.17 bits per heavy atom. The zero-order valence-corrected chi connectivity index (χ0v) is 15.8. The third-order valence-electron chi connectivity index (χ3n) is 3.83. The molecule has 0 aromatic heterocycles. The molecule has 0 aliphatic heterocycles. The summed E-state index contributed by atoms with van der Waals surface area (Å²) in [5, 5.41) is 2.89. The van der Waals surface area contributed by atoms with E-state index in [0.29, 0.717) is 13.0 Å². The van der Waals surface area contributed by atoms with E-state index in [1.807, 2.05) is 62.9 Å². The monoisotopic (exact) mass is 333 g/mol. The summed E-state index contributed by atoms with van der Waals surface area (Å²) in [5.41, 5.74) is 2.87. The molecule has 0 spiro atoms. The lowest BCUT2D eigenvalue weighted by Gasteiger charge is -2.27. The Morgan fingerprint density at radius 3 is 2.33 bits per heavy atom. The van der Waals surface area contributed by atoms with Crippen molar-refractivity contribution >= 4 is 23.2 Å². The molecule has 5 nitrogen and oxygen atoms in total. The average molecular weight is 333 g/mol. The van der Waals surface area contributed by atoms with Gasteiger partial charge in [-0.3, -0.25) is 9.59 Å². The van der Waals surface area contributed by atoms with Crippen LogP contribution in [0.4, 0.5) is 11.4 Å². The molecule has 2 amide bonds. The van der Waals surface area contributed by atoms with Crippen molar-refractivity contribution in [3.63, 3.8) is 0 Å². The highest BCUT2D eigenvalue weighted by Crippen LogP contribution is 2.25. The van der Waals surface area contributed by atoms with Crippen LogP contribution in [0.15, 0.2) is 18.2 Å². The standard InChI is InChI=1S/C19H31N3O2/c1-7-11-22(19(24)14(3)4)13-15-12-16(20-18(23)8-2)9-10-17(15)21(5)6/h9-10,12,14H,7-8,11,13H2,1-6H3,(H,20,23). The fourth-order valence-corrected chi connectivity index (χ4v) is 2.58. The van der Waals surface area contributed by atoms with E-state index in [-0.39, 0.29) is 17.7 Å². The second-order valence-electron chi connectivity index (χ2n) is 6.55. The van der Waals surface area contributed by atoms with Crippen LogP contribution >= 0.6 is 0 Å². The molecule has 0 saturated carbocycles. The van der Waals surface area contributed by atoms with Crippen molar-refractivity contribution < 1.29 is 9.59 Å². The Morgan fingerprint density at radius 2 is 1.83 bits per heavy atom. The van der Waals surface area contributed by atoms with Crippen LogP contribution in [-0.4, -0.2) is 37.4 Å². The lowest BCUT2D eigenvalue weighted by molar-refractivity contribution is -0.135. The average Bonchev–Trinajstić information content (AvgIpc) is 2.53. The van der Waals surface area contributed by atoms with Crippen molar-refractivity contribution in [2.24, 2.45) is 5.92 Å². The van der Waals surface area contributed by atoms with Gasteiger partial charge in [0, 0.05) is 50.9 Å². The van der Waals surface area contributed by atoms with Gasteiger partial charge in [0.1, 0.15) is 0 Å². The second kappa shape index (κ2) is 9.30. The molecule has 1 N–H and O–H groups in total. The zero-order valence-electron chi connectivity index (χ0n) is 15.8. The summed E-state index contributed by atoms with van der Waals surface area (Å²) in [4.78, 5) is 28.1. The Bertz CT molecular complexity index is 568. The van der Waals surface area contributed by atoms with Crippen LogP contribution < -0.4 is 10.2 Å². The third kappa shape index (κ3) is 5.55. The van der Waals surface area contributed by atoms with Gasteiger partial charge >= 0.3 is 0 Å². The van der Waals surface area contributed by atoms with Gasteiger partial charge in [0.15, 0.2) is 0 Å². The number of rotatable bonds is 8. The Labute approximate surface area is 146 Å². The van der Waals surface area contributed by atoms with Crippen molar-refractivity contribution in [1.82, 2.24) is 4.90 Å². The first-order chi connectivity index (χ1) is 11.3. The molecule has 1 rings (SSSR count). The number of hydrogen-bond acceptors (Lipinski definition) is 3. The van der Waals surface area contributed by atoms with Crippen molar-refractivity contribution in [2.75, 3.05) is 30.9 Å². The summed E-state index contributed by atoms with van der Waals surface area (Å²) >= 11 is 0. The van der Waals surface area contributed by atoms with E-state index in [1.165, 1.54) is 0 Å². The highest BCUT2D eigenvalue weighted by Gasteiger charge is 2.19. The highest BCUT2D eigenvalue weighted by atomic mass is 16.2. The van der Waals surface area contributed by atoms with E-state index in [9.17, 15) is 9.59 Å². The first-order valence-corrected chi connectivity index (χ1v) is 8.69. The van der Waals surface area contributed by atoms with Gasteiger partial charge in [-0.15, -0.1) is 0 Å². The normalized spacial score (nSPS) is 10.6. The van der Waals surface area contributed by atoms with Crippen LogP contribution in [0.5, 0.6) is 0 Å². The van der Waals surface area contributed by atoms with Crippen molar-refractivity contribution in [3.05, 3.63) is 23.8 Å². The number of benzene rings is 1. The first kappa shape index (κ1) is 20.0. The van der Waals surface area contributed by atoms with Gasteiger partial charge in [0.05, 0.1) is 0 Å². The van der Waals surface area contributed by atoms with Crippen LogP contribution in [-0.2, 0) is 16.1 Å². The van der Waals surface area contributed by atoms with Gasteiger partial charge < -0.3 is 15.1 Å². The minimum atomic E-state index is -0.0256. The molecule has 134 valence electrons. The summed E-state index contributed by atoms with van der Waals surface area (Å²) < 4.78 is 0. The molecule has 0 aliphatic carbocycles. The Kier molecular flexibility index (Phi) is 7.75. The molecular weight excluding hydrogens is 302 g/mol. The quantitative estimate of drug-likeness (QED) is 0.792. The fraction of sp³-hybridized carbons (Fsp3) is 0.579. The maximum atomic E-state index is 12.5. The van der Waals surface area contributed by atoms with Crippen molar-refractivity contribution in [3.8, 4) is 0 Å². The zero-order chi connectivity index (χ0) is 18.3. The molecule has 5 heteroatoms. The van der Waals surface area contributed by atoms with E-state index in [2.05, 4.69) is 12.2 Å². The van der Waals surface area contributed by atoms with Crippen LogP contribution in [0.25, 0.3) is 0 Å². The molecule has 0 atom stereocenters. The van der Waals surface area contributed by atoms with Gasteiger partial charge in [0.25, 0.3) is 0 Å². The summed E-state index contributed by atoms with van der Waals surface area (Å²) in [6.07, 6.45) is 1.36. The minimum Gasteiger partial charge on any atom is -0.377 e. The molecule has 0 bridgehead atoms. The molecule has 1 aromatic rings. The molecule has 0 radical (unpaired) electrons. The Hall–Kier alpha value is -2.04. The number of hydrogen-bond donors (Lipinski definition) is 1. The SMILES string of the molecule is CCCN(Cc1cc(NC(=O)CC)ccc1N(C)C)C(=O)C(C)C. The lowest BCUT2D eigenvalue weighted by Crippen LogP contribution is -2.34. The molecule has 0 fully saturated rings. The topological polar surface area (TPSA) is 52.7 Å². The summed E-state index contributed by atoms with van der Waals surface area (Å²) in [6.45, 7) is 9.04. The first-order valence-electron chi connectivity index (χ1n) is 8.69. The molecule has 0 aliphatic rings. The van der Waals surface area contributed by atoms with E-state index in [4.69, 9.17) is 0 Å². The maximum Gasteiger partial charge on any atom is 0.225 e. The fourth-order valence-electron chi connectivity index (χ4n) is 2.58. The van der Waals surface area contributed by atoms with E-state index in [1.54, 1.807) is 0 Å². The number of nitrogens with zero attached hydrogens (tertiary/aromatic N) is 2. The van der Waals surface area contributed by atoms with Crippen molar-refractivity contribution in [1.29, 1.82) is 0 Å². The third-order valence-corrected chi connectivity index (χ3v) is 3.83. The summed E-state index contributed by atoms with van der Waals surface area (Å²) in [5.74, 6) is 0.120. The predicted octanol–water partition coefficient (Wildman–Crippen LogP) is 3.50. The maximum absolute atomic E-state index is 12.5. The number of carbonyl (C=O) groups excluding carboxylic acids is 2. The Balaban J connectivity index is 3.13. The van der Waals surface area contributed by atoms with Gasteiger partial charge in [-0.05, 0) is 30.2 Å². The van der Waals surface area contributed by atoms with Gasteiger partial charge in [-0.25, -0.2) is 0 Å². The van der Waals surface area contributed by atoms with Crippen LogP contribution in [0.2, 0.25) is 0 Å². The molecule has 0 heterocycles. The molecule has 24 heavy (non-hydrogen) atoms. The van der Waals surface area contributed by atoms with Crippen LogP contribution in [0, 0.1) is 5.92 Å². The minimum absolute atomic E-state index is 0.0118. The molecule has 0 saturated heterocycles. The van der Waals surface area contributed by atoms with Crippen LogP contribution in [0.1, 0.15) is 46.1 Å². The largest absolute Gasteiger partial charge is 0.377 e. The van der Waals surface area contributed by atoms with E-state index >= 15 is 0 Å². The molecular formula is C19H31N3O2. The highest BCUT2D eigenvalue weighted by molar-refractivity contribution is 5.91. The predicted molar refractivity (Wildman–Crippen MR) is 100 cm³/mol. The summed E-state index contributed by atoms with van der Waals surface area (Å²) in [6, 6.07) is 5.87. The number of amides is 2.